The third-order valence-electron chi connectivity index (χ3n) is 2.59. The molecule has 0 amide bonds. The number of ether oxygens (including phenoxy) is 1. The summed E-state index contributed by atoms with van der Waals surface area (Å²) in [4.78, 5) is 0. The summed E-state index contributed by atoms with van der Waals surface area (Å²) in [5, 5.41) is 8.79. The van der Waals surface area contributed by atoms with E-state index in [-0.39, 0.29) is 12.2 Å². The Morgan fingerprint density at radius 1 is 1.25 bits per heavy atom. The molecule has 2 aromatic carbocycles. The lowest BCUT2D eigenvalue weighted by Crippen LogP contribution is -2.01. The van der Waals surface area contributed by atoms with Gasteiger partial charge in [0.05, 0.1) is 14.5 Å². The fraction of sp³-hybridized carbons (Fsp3) is 0.0714. The third kappa shape index (κ3) is 3.11. The van der Waals surface area contributed by atoms with Crippen molar-refractivity contribution in [2.45, 2.75) is 6.61 Å². The minimum atomic E-state index is -0.558. The van der Waals surface area contributed by atoms with E-state index in [2.05, 4.69) is 31.9 Å². The minimum absolute atomic E-state index is 0.00142. The SMILES string of the molecule is N#Cc1cccc(COc2c(Br)cc(N)cc2Br)c1F. The molecule has 2 aromatic rings. The van der Waals surface area contributed by atoms with Crippen LogP contribution in [0.4, 0.5) is 10.1 Å². The highest BCUT2D eigenvalue weighted by Gasteiger charge is 2.11. The van der Waals surface area contributed by atoms with Crippen LogP contribution < -0.4 is 10.5 Å². The number of anilines is 1. The smallest absolute Gasteiger partial charge is 0.148 e. The zero-order chi connectivity index (χ0) is 14.7. The first-order valence-electron chi connectivity index (χ1n) is 5.57. The van der Waals surface area contributed by atoms with Gasteiger partial charge in [-0.3, -0.25) is 0 Å². The van der Waals surface area contributed by atoms with Crippen molar-refractivity contribution >= 4 is 37.5 Å². The number of nitrogens with zero attached hydrogens (tertiary/aromatic N) is 1. The summed E-state index contributed by atoms with van der Waals surface area (Å²) in [6.07, 6.45) is 0. The summed E-state index contributed by atoms with van der Waals surface area (Å²) in [6, 6.07) is 9.81. The summed E-state index contributed by atoms with van der Waals surface area (Å²) >= 11 is 6.67. The molecule has 0 aliphatic heterocycles. The Bertz CT molecular complexity index is 675. The number of nitrogen functional groups attached to an aromatic ring is 1. The van der Waals surface area contributed by atoms with Gasteiger partial charge in [0.15, 0.2) is 0 Å². The van der Waals surface area contributed by atoms with E-state index >= 15 is 0 Å². The summed E-state index contributed by atoms with van der Waals surface area (Å²) in [6.45, 7) is 0.0163. The van der Waals surface area contributed by atoms with Crippen LogP contribution in [-0.4, -0.2) is 0 Å². The molecule has 6 heteroatoms. The molecule has 0 aromatic heterocycles. The lowest BCUT2D eigenvalue weighted by molar-refractivity contribution is 0.296. The second-order valence-corrected chi connectivity index (χ2v) is 5.70. The van der Waals surface area contributed by atoms with E-state index in [9.17, 15) is 4.39 Å². The molecule has 0 aliphatic carbocycles. The van der Waals surface area contributed by atoms with Gasteiger partial charge < -0.3 is 10.5 Å². The molecule has 0 radical (unpaired) electrons. The molecule has 0 atom stereocenters. The van der Waals surface area contributed by atoms with Crippen molar-refractivity contribution in [1.29, 1.82) is 5.26 Å². The van der Waals surface area contributed by atoms with E-state index < -0.39 is 5.82 Å². The van der Waals surface area contributed by atoms with Gasteiger partial charge >= 0.3 is 0 Å². The second-order valence-electron chi connectivity index (χ2n) is 3.99. The van der Waals surface area contributed by atoms with E-state index in [1.165, 1.54) is 6.07 Å². The first-order chi connectivity index (χ1) is 9.52. The predicted octanol–water partition coefficient (Wildman–Crippen LogP) is 4.38. The van der Waals surface area contributed by atoms with Crippen molar-refractivity contribution in [1.82, 2.24) is 0 Å². The van der Waals surface area contributed by atoms with E-state index in [4.69, 9.17) is 15.7 Å². The highest BCUT2D eigenvalue weighted by molar-refractivity contribution is 9.11. The van der Waals surface area contributed by atoms with Crippen molar-refractivity contribution in [2.24, 2.45) is 0 Å². The second kappa shape index (κ2) is 6.25. The summed E-state index contributed by atoms with van der Waals surface area (Å²) in [5.74, 6) is -0.0290. The van der Waals surface area contributed by atoms with Crippen LogP contribution in [0, 0.1) is 17.1 Å². The van der Waals surface area contributed by atoms with Crippen LogP contribution in [0.2, 0.25) is 0 Å². The van der Waals surface area contributed by atoms with Gasteiger partial charge in [-0.1, -0.05) is 12.1 Å². The van der Waals surface area contributed by atoms with Gasteiger partial charge in [0.1, 0.15) is 24.2 Å². The fourth-order valence-electron chi connectivity index (χ4n) is 1.64. The van der Waals surface area contributed by atoms with Crippen LogP contribution in [0.3, 0.4) is 0 Å². The van der Waals surface area contributed by atoms with Gasteiger partial charge in [-0.05, 0) is 50.1 Å². The van der Waals surface area contributed by atoms with Gasteiger partial charge in [-0.2, -0.15) is 5.26 Å². The molecule has 2 rings (SSSR count). The van der Waals surface area contributed by atoms with Crippen molar-refractivity contribution in [3.8, 4) is 11.8 Å². The quantitative estimate of drug-likeness (QED) is 0.779. The van der Waals surface area contributed by atoms with Crippen LogP contribution >= 0.6 is 31.9 Å². The lowest BCUT2D eigenvalue weighted by atomic mass is 10.1. The topological polar surface area (TPSA) is 59.0 Å². The van der Waals surface area contributed by atoms with E-state index in [1.54, 1.807) is 30.3 Å². The molecule has 0 bridgehead atoms. The molecule has 0 fully saturated rings. The fourth-order valence-corrected chi connectivity index (χ4v) is 3.10. The molecular formula is C14H9Br2FN2O. The summed E-state index contributed by atoms with van der Waals surface area (Å²) in [5.41, 5.74) is 6.58. The molecule has 102 valence electrons. The number of benzene rings is 2. The molecule has 0 aliphatic rings. The van der Waals surface area contributed by atoms with E-state index in [1.807, 2.05) is 0 Å². The highest BCUT2D eigenvalue weighted by atomic mass is 79.9. The van der Waals surface area contributed by atoms with Crippen LogP contribution in [0.1, 0.15) is 11.1 Å². The first kappa shape index (κ1) is 14.8. The Hall–Kier alpha value is -1.58. The number of nitrogens with two attached hydrogens (primary N) is 1. The largest absolute Gasteiger partial charge is 0.486 e. The number of nitriles is 1. The summed E-state index contributed by atoms with van der Waals surface area (Å²) < 4.78 is 20.8. The van der Waals surface area contributed by atoms with Crippen LogP contribution in [0.25, 0.3) is 0 Å². The average Bonchev–Trinajstić information content (AvgIpc) is 2.39. The van der Waals surface area contributed by atoms with Crippen molar-refractivity contribution in [3.05, 3.63) is 56.2 Å². The van der Waals surface area contributed by atoms with Gasteiger partial charge in [0.25, 0.3) is 0 Å². The van der Waals surface area contributed by atoms with Gasteiger partial charge in [-0.25, -0.2) is 4.39 Å². The molecule has 0 unspecified atom stereocenters. The molecular weight excluding hydrogens is 391 g/mol. The number of hydrogen-bond donors (Lipinski definition) is 1. The van der Waals surface area contributed by atoms with Gasteiger partial charge in [0, 0.05) is 11.3 Å². The molecule has 2 N–H and O–H groups in total. The Balaban J connectivity index is 2.24. The van der Waals surface area contributed by atoms with Gasteiger partial charge in [0.2, 0.25) is 0 Å². The lowest BCUT2D eigenvalue weighted by Gasteiger charge is -2.12. The normalized spacial score (nSPS) is 10.1. The molecule has 0 spiro atoms. The first-order valence-corrected chi connectivity index (χ1v) is 7.16. The van der Waals surface area contributed by atoms with Crippen LogP contribution in [-0.2, 0) is 6.61 Å². The molecule has 0 heterocycles. The number of rotatable bonds is 3. The Morgan fingerprint density at radius 2 is 1.90 bits per heavy atom. The molecule has 0 saturated carbocycles. The molecule has 20 heavy (non-hydrogen) atoms. The van der Waals surface area contributed by atoms with E-state index in [0.717, 1.165) is 0 Å². The number of halogens is 3. The Labute approximate surface area is 132 Å². The Morgan fingerprint density at radius 3 is 2.50 bits per heavy atom. The summed E-state index contributed by atoms with van der Waals surface area (Å²) in [7, 11) is 0. The average molecular weight is 400 g/mol. The molecule has 3 nitrogen and oxygen atoms in total. The van der Waals surface area contributed by atoms with Crippen molar-refractivity contribution in [3.63, 3.8) is 0 Å². The van der Waals surface area contributed by atoms with Gasteiger partial charge in [-0.15, -0.1) is 0 Å². The highest BCUT2D eigenvalue weighted by Crippen LogP contribution is 2.36. The predicted molar refractivity (Wildman–Crippen MR) is 81.7 cm³/mol. The zero-order valence-electron chi connectivity index (χ0n) is 10.2. The standard InChI is InChI=1S/C14H9Br2FN2O/c15-11-4-10(19)5-12(16)14(11)20-7-9-3-1-2-8(6-18)13(9)17/h1-5H,7,19H2. The maximum Gasteiger partial charge on any atom is 0.148 e. The van der Waals surface area contributed by atoms with Crippen molar-refractivity contribution in [2.75, 3.05) is 5.73 Å². The van der Waals surface area contributed by atoms with E-state index in [0.29, 0.717) is 25.9 Å². The maximum absolute atomic E-state index is 13.9. The monoisotopic (exact) mass is 398 g/mol. The number of hydrogen-bond acceptors (Lipinski definition) is 3. The van der Waals surface area contributed by atoms with Crippen molar-refractivity contribution < 1.29 is 9.13 Å². The van der Waals surface area contributed by atoms with Crippen LogP contribution in [0.5, 0.6) is 5.75 Å². The zero-order valence-corrected chi connectivity index (χ0v) is 13.3. The maximum atomic E-state index is 13.9. The molecule has 0 saturated heterocycles. The van der Waals surface area contributed by atoms with Crippen LogP contribution in [0.15, 0.2) is 39.3 Å². The third-order valence-corrected chi connectivity index (χ3v) is 3.77. The Kier molecular flexibility index (Phi) is 4.63. The minimum Gasteiger partial charge on any atom is -0.486 e.